The van der Waals surface area contributed by atoms with Crippen LogP contribution in [0.4, 0.5) is 13.2 Å². The zero-order valence-electron chi connectivity index (χ0n) is 17.9. The number of likely N-dealkylation sites (tertiary alicyclic amines) is 1. The number of rotatable bonds is 6. The number of alkyl halides is 3. The van der Waals surface area contributed by atoms with E-state index in [-0.39, 0.29) is 17.6 Å². The van der Waals surface area contributed by atoms with Gasteiger partial charge in [0.2, 0.25) is 5.89 Å². The number of esters is 1. The molecule has 172 valence electrons. The van der Waals surface area contributed by atoms with E-state index in [0.29, 0.717) is 28.9 Å². The van der Waals surface area contributed by atoms with E-state index < -0.39 is 12.1 Å². The zero-order valence-corrected chi connectivity index (χ0v) is 17.9. The molecule has 0 saturated carbocycles. The van der Waals surface area contributed by atoms with Gasteiger partial charge in [-0.25, -0.2) is 4.79 Å². The van der Waals surface area contributed by atoms with Gasteiger partial charge in [-0.15, -0.1) is 0 Å². The minimum absolute atomic E-state index is 0.153. The van der Waals surface area contributed by atoms with E-state index in [4.69, 9.17) is 4.52 Å². The highest BCUT2D eigenvalue weighted by Gasteiger charge is 2.41. The average molecular weight is 451 g/mol. The molecule has 8 nitrogen and oxygen atoms in total. The fraction of sp³-hybridized carbons (Fsp3) is 0.524. The molecule has 0 aliphatic carbocycles. The van der Waals surface area contributed by atoms with Crippen LogP contribution in [0.1, 0.15) is 50.6 Å². The third kappa shape index (κ3) is 4.34. The molecule has 1 saturated heterocycles. The van der Waals surface area contributed by atoms with Gasteiger partial charge in [-0.3, -0.25) is 0 Å². The summed E-state index contributed by atoms with van der Waals surface area (Å²) in [6, 6.07) is 4.46. The molecule has 4 rings (SSSR count). The van der Waals surface area contributed by atoms with Crippen molar-refractivity contribution >= 4 is 16.9 Å². The minimum atomic E-state index is -5.10. The van der Waals surface area contributed by atoms with Gasteiger partial charge in [0.1, 0.15) is 5.75 Å². The maximum absolute atomic E-state index is 12.7. The number of halogens is 3. The van der Waals surface area contributed by atoms with Gasteiger partial charge in [-0.05, 0) is 62.6 Å². The van der Waals surface area contributed by atoms with Crippen LogP contribution in [0.5, 0.6) is 5.75 Å². The molecule has 1 aliphatic rings. The Balaban J connectivity index is 1.63. The van der Waals surface area contributed by atoms with Gasteiger partial charge in [0.15, 0.2) is 0 Å². The molecule has 1 aromatic carbocycles. The lowest BCUT2D eigenvalue weighted by atomic mass is 9.97. The lowest BCUT2D eigenvalue weighted by molar-refractivity contribution is -0.189. The lowest BCUT2D eigenvalue weighted by Crippen LogP contribution is -2.33. The molecule has 1 aliphatic heterocycles. The number of hydrogen-bond acceptors (Lipinski definition) is 7. The van der Waals surface area contributed by atoms with Gasteiger partial charge in [0.25, 0.3) is 5.95 Å². The summed E-state index contributed by atoms with van der Waals surface area (Å²) >= 11 is 0. The van der Waals surface area contributed by atoms with Gasteiger partial charge >= 0.3 is 12.1 Å². The van der Waals surface area contributed by atoms with Crippen LogP contribution in [0, 0.1) is 0 Å². The molecule has 3 heterocycles. The molecule has 3 aromatic rings. The fourth-order valence-electron chi connectivity index (χ4n) is 4.05. The van der Waals surface area contributed by atoms with Gasteiger partial charge in [0.05, 0.1) is 16.6 Å². The number of aryl methyl sites for hydroxylation is 1. The van der Waals surface area contributed by atoms with Crippen molar-refractivity contribution in [3.63, 3.8) is 0 Å². The molecule has 0 spiro atoms. The molecule has 2 aromatic heterocycles. The minimum Gasteiger partial charge on any atom is -0.419 e. The highest BCUT2D eigenvalue weighted by atomic mass is 19.4. The highest BCUT2D eigenvalue weighted by molar-refractivity contribution is 5.92. The van der Waals surface area contributed by atoms with Crippen LogP contribution >= 0.6 is 0 Å². The SMILES string of the molecule is CCCN1CCC(c2nc(-n3nc(CC)c4c(OC(=O)C(F)(F)F)cccc43)no2)CC1. The van der Waals surface area contributed by atoms with E-state index >= 15 is 0 Å². The van der Waals surface area contributed by atoms with Crippen LogP contribution in [0.2, 0.25) is 0 Å². The summed E-state index contributed by atoms with van der Waals surface area (Å²) in [6.07, 6.45) is -1.75. The Bertz CT molecular complexity index is 1100. The third-order valence-corrected chi connectivity index (χ3v) is 5.61. The molecular formula is C21H24F3N5O3. The Kier molecular flexibility index (Phi) is 6.18. The second kappa shape index (κ2) is 8.89. The molecule has 0 N–H and O–H groups in total. The molecule has 0 unspecified atom stereocenters. The first-order valence-corrected chi connectivity index (χ1v) is 10.7. The molecule has 0 atom stereocenters. The summed E-state index contributed by atoms with van der Waals surface area (Å²) in [5, 5.41) is 8.82. The number of aromatic nitrogens is 4. The van der Waals surface area contributed by atoms with E-state index in [1.165, 1.54) is 16.8 Å². The Hall–Kier alpha value is -2.95. The van der Waals surface area contributed by atoms with Crippen LogP contribution in [-0.2, 0) is 11.2 Å². The summed E-state index contributed by atoms with van der Waals surface area (Å²) in [7, 11) is 0. The van der Waals surface area contributed by atoms with E-state index in [9.17, 15) is 18.0 Å². The fourth-order valence-corrected chi connectivity index (χ4v) is 4.05. The summed E-state index contributed by atoms with van der Waals surface area (Å²) in [6.45, 7) is 6.97. The third-order valence-electron chi connectivity index (χ3n) is 5.61. The van der Waals surface area contributed by atoms with Crippen LogP contribution in [-0.4, -0.2) is 56.6 Å². The summed E-state index contributed by atoms with van der Waals surface area (Å²) in [5.41, 5.74) is 0.893. The number of nitrogens with zero attached hydrogens (tertiary/aromatic N) is 5. The molecule has 0 bridgehead atoms. The van der Waals surface area contributed by atoms with E-state index in [1.807, 2.05) is 0 Å². The maximum atomic E-state index is 12.7. The first kappa shape index (κ1) is 22.3. The van der Waals surface area contributed by atoms with Crippen molar-refractivity contribution in [3.05, 3.63) is 29.8 Å². The predicted molar refractivity (Wildman–Crippen MR) is 109 cm³/mol. The number of carbonyl (C=O) groups is 1. The lowest BCUT2D eigenvalue weighted by Gasteiger charge is -2.29. The summed E-state index contributed by atoms with van der Waals surface area (Å²) < 4.78 is 49.7. The van der Waals surface area contributed by atoms with Crippen molar-refractivity contribution in [2.24, 2.45) is 0 Å². The zero-order chi connectivity index (χ0) is 22.9. The quantitative estimate of drug-likeness (QED) is 0.413. The number of ether oxygens (including phenoxy) is 1. The largest absolute Gasteiger partial charge is 0.491 e. The van der Waals surface area contributed by atoms with Crippen LogP contribution in [0.15, 0.2) is 22.7 Å². The van der Waals surface area contributed by atoms with Crippen molar-refractivity contribution in [3.8, 4) is 11.7 Å². The van der Waals surface area contributed by atoms with Crippen LogP contribution in [0.25, 0.3) is 16.9 Å². The van der Waals surface area contributed by atoms with E-state index in [2.05, 4.69) is 31.8 Å². The standard InChI is InChI=1S/C21H24F3N5O3/c1-3-10-28-11-8-13(9-12-28)18-25-20(27-32-18)29-15-6-5-7-16(17(15)14(4-2)26-29)31-19(30)21(22,23)24/h5-7,13H,3-4,8-12H2,1-2H3. The van der Waals surface area contributed by atoms with Gasteiger partial charge in [-0.1, -0.05) is 19.9 Å². The topological polar surface area (TPSA) is 86.3 Å². The number of benzene rings is 1. The number of hydrogen-bond donors (Lipinski definition) is 0. The monoisotopic (exact) mass is 451 g/mol. The van der Waals surface area contributed by atoms with Crippen molar-refractivity contribution in [1.82, 2.24) is 24.8 Å². The predicted octanol–water partition coefficient (Wildman–Crippen LogP) is 4.03. The second-order valence-corrected chi connectivity index (χ2v) is 7.80. The molecule has 1 fully saturated rings. The molecule has 0 amide bonds. The van der Waals surface area contributed by atoms with Crippen LogP contribution in [0.3, 0.4) is 0 Å². The Labute approximate surface area is 182 Å². The molecular weight excluding hydrogens is 427 g/mol. The Morgan fingerprint density at radius 2 is 2.00 bits per heavy atom. The van der Waals surface area contributed by atoms with E-state index in [1.54, 1.807) is 13.0 Å². The van der Waals surface area contributed by atoms with Gasteiger partial charge in [-0.2, -0.15) is 27.9 Å². The average Bonchev–Trinajstić information content (AvgIpc) is 3.39. The van der Waals surface area contributed by atoms with Crippen molar-refractivity contribution in [1.29, 1.82) is 0 Å². The Morgan fingerprint density at radius 3 is 2.66 bits per heavy atom. The first-order chi connectivity index (χ1) is 15.3. The number of piperidine rings is 1. The number of carbonyl (C=O) groups excluding carboxylic acids is 1. The van der Waals surface area contributed by atoms with Crippen LogP contribution < -0.4 is 4.74 Å². The maximum Gasteiger partial charge on any atom is 0.491 e. The van der Waals surface area contributed by atoms with E-state index in [0.717, 1.165) is 38.9 Å². The molecule has 11 heteroatoms. The smallest absolute Gasteiger partial charge is 0.419 e. The summed E-state index contributed by atoms with van der Waals surface area (Å²) in [4.78, 5) is 18.3. The second-order valence-electron chi connectivity index (χ2n) is 7.80. The Morgan fingerprint density at radius 1 is 1.25 bits per heavy atom. The van der Waals surface area contributed by atoms with Crippen molar-refractivity contribution in [2.45, 2.75) is 51.6 Å². The van der Waals surface area contributed by atoms with Gasteiger partial charge in [0, 0.05) is 5.92 Å². The summed E-state index contributed by atoms with van der Waals surface area (Å²) in [5.74, 6) is -1.62. The molecule has 32 heavy (non-hydrogen) atoms. The van der Waals surface area contributed by atoms with Gasteiger partial charge < -0.3 is 14.2 Å². The van der Waals surface area contributed by atoms with Crippen molar-refractivity contribution < 1.29 is 27.2 Å². The van der Waals surface area contributed by atoms with Crippen molar-refractivity contribution in [2.75, 3.05) is 19.6 Å². The molecule has 0 radical (unpaired) electrons. The highest BCUT2D eigenvalue weighted by Crippen LogP contribution is 2.33. The number of fused-ring (bicyclic) bond motifs is 1. The first-order valence-electron chi connectivity index (χ1n) is 10.7. The normalized spacial score (nSPS) is 16.0.